The maximum absolute atomic E-state index is 17.2. The molecule has 4 atom stereocenters. The highest BCUT2D eigenvalue weighted by Gasteiger charge is 2.49. The van der Waals surface area contributed by atoms with Gasteiger partial charge in [-0.1, -0.05) is 24.2 Å². The lowest BCUT2D eigenvalue weighted by Crippen LogP contribution is -2.51. The van der Waals surface area contributed by atoms with Crippen molar-refractivity contribution in [1.82, 2.24) is 20.2 Å². The molecule has 3 aromatic carbocycles. The van der Waals surface area contributed by atoms with Crippen molar-refractivity contribution >= 4 is 44.1 Å². The number of aromatic nitrogens is 2. The Kier molecular flexibility index (Phi) is 7.24. The van der Waals surface area contributed by atoms with E-state index in [0.29, 0.717) is 42.6 Å². The van der Waals surface area contributed by atoms with Crippen LogP contribution < -0.4 is 15.0 Å². The summed E-state index contributed by atoms with van der Waals surface area (Å²) in [5.74, 6) is -1.29. The molecule has 2 N–H and O–H groups in total. The van der Waals surface area contributed by atoms with Crippen LogP contribution in [0.5, 0.6) is 11.8 Å². The third kappa shape index (κ3) is 4.96. The molecule has 0 saturated carbocycles. The van der Waals surface area contributed by atoms with E-state index in [2.05, 4.69) is 32.7 Å². The molecule has 4 aliphatic heterocycles. The summed E-state index contributed by atoms with van der Waals surface area (Å²) >= 11 is 6.26. The number of phenolic OH excluding ortho intramolecular Hbond substituents is 1. The van der Waals surface area contributed by atoms with Crippen molar-refractivity contribution < 1.29 is 23.0 Å². The van der Waals surface area contributed by atoms with Gasteiger partial charge in [0.05, 0.1) is 17.2 Å². The number of nitriles is 1. The van der Waals surface area contributed by atoms with Crippen LogP contribution >= 0.6 is 11.6 Å². The minimum atomic E-state index is -0.941. The Balaban J connectivity index is 1.33. The fourth-order valence-electron chi connectivity index (χ4n) is 8.35. The van der Waals surface area contributed by atoms with Crippen molar-refractivity contribution in [3.05, 3.63) is 59.7 Å². The number of alkyl halides is 1. The molecule has 4 fully saturated rings. The van der Waals surface area contributed by atoms with Gasteiger partial charge < -0.3 is 20.1 Å². The lowest BCUT2D eigenvalue weighted by Gasteiger charge is -2.34. The van der Waals surface area contributed by atoms with E-state index in [1.807, 2.05) is 0 Å². The summed E-state index contributed by atoms with van der Waals surface area (Å²) in [5, 5.41) is 25.4. The molecule has 8 rings (SSSR count). The summed E-state index contributed by atoms with van der Waals surface area (Å²) in [6.45, 7) is 6.29. The number of rotatable bonds is 6. The third-order valence-electron chi connectivity index (χ3n) is 10.4. The van der Waals surface area contributed by atoms with Gasteiger partial charge in [0.25, 0.3) is 0 Å². The van der Waals surface area contributed by atoms with E-state index in [-0.39, 0.29) is 68.6 Å². The first-order valence-electron chi connectivity index (χ1n) is 15.9. The zero-order valence-electron chi connectivity index (χ0n) is 25.5. The highest BCUT2D eigenvalue weighted by atomic mass is 35.5. The van der Waals surface area contributed by atoms with Gasteiger partial charge in [-0.2, -0.15) is 15.2 Å². The SMILES string of the molecule is C=C(Cl)c1c(F)ccc2cc(O)cc(-c3c(C#N)cc4c(N5C[C@H]6CC[C@@H](C5)N6)nc(OC[C@@]56CCCN5C[C@H](F)C6)nc4c3F)c12. The first-order valence-corrected chi connectivity index (χ1v) is 16.3. The van der Waals surface area contributed by atoms with Crippen LogP contribution in [0.4, 0.5) is 19.0 Å². The molecule has 0 radical (unpaired) electrons. The number of fused-ring (bicyclic) bond motifs is 5. The molecule has 2 bridgehead atoms. The number of halogens is 4. The molecule has 4 saturated heterocycles. The largest absolute Gasteiger partial charge is 0.508 e. The van der Waals surface area contributed by atoms with Crippen molar-refractivity contribution in [2.45, 2.75) is 55.9 Å². The lowest BCUT2D eigenvalue weighted by atomic mass is 9.90. The minimum Gasteiger partial charge on any atom is -0.508 e. The number of piperazine rings is 1. The second-order valence-corrected chi connectivity index (χ2v) is 13.7. The first-order chi connectivity index (χ1) is 22.6. The number of nitrogens with one attached hydrogen (secondary N) is 1. The number of phenols is 1. The van der Waals surface area contributed by atoms with Crippen LogP contribution in [0.25, 0.3) is 37.8 Å². The molecule has 5 heterocycles. The van der Waals surface area contributed by atoms with Crippen molar-refractivity contribution in [1.29, 1.82) is 5.26 Å². The van der Waals surface area contributed by atoms with Gasteiger partial charge in [0, 0.05) is 65.1 Å². The van der Waals surface area contributed by atoms with Crippen LogP contribution in [-0.2, 0) is 0 Å². The summed E-state index contributed by atoms with van der Waals surface area (Å²) in [4.78, 5) is 13.6. The number of hydrogen-bond donors (Lipinski definition) is 2. The second-order valence-electron chi connectivity index (χ2n) is 13.3. The molecule has 1 aromatic heterocycles. The first kappa shape index (κ1) is 30.2. The van der Waals surface area contributed by atoms with Crippen LogP contribution in [0.15, 0.2) is 36.9 Å². The number of hydrogen-bond acceptors (Lipinski definition) is 8. The highest BCUT2D eigenvalue weighted by molar-refractivity contribution is 6.49. The van der Waals surface area contributed by atoms with E-state index in [9.17, 15) is 14.8 Å². The van der Waals surface area contributed by atoms with E-state index in [0.717, 1.165) is 32.2 Å². The predicted octanol–water partition coefficient (Wildman–Crippen LogP) is 6.41. The number of aromatic hydroxyl groups is 1. The number of nitrogens with zero attached hydrogens (tertiary/aromatic N) is 5. The predicted molar refractivity (Wildman–Crippen MR) is 174 cm³/mol. The normalized spacial score (nSPS) is 25.4. The summed E-state index contributed by atoms with van der Waals surface area (Å²) in [5.41, 5.74) is -0.761. The van der Waals surface area contributed by atoms with Crippen LogP contribution in [0.2, 0.25) is 0 Å². The topological polar surface area (TPSA) is 97.5 Å². The summed E-state index contributed by atoms with van der Waals surface area (Å²) in [7, 11) is 0. The Labute approximate surface area is 274 Å². The van der Waals surface area contributed by atoms with Crippen LogP contribution in [-0.4, -0.2) is 76.6 Å². The molecule has 8 nitrogen and oxygen atoms in total. The Hall–Kier alpha value is -4.11. The Morgan fingerprint density at radius 1 is 1.17 bits per heavy atom. The van der Waals surface area contributed by atoms with Gasteiger partial charge in [-0.15, -0.1) is 0 Å². The Bertz CT molecular complexity index is 2010. The average molecular weight is 661 g/mol. The van der Waals surface area contributed by atoms with E-state index in [4.69, 9.17) is 21.3 Å². The van der Waals surface area contributed by atoms with Gasteiger partial charge in [0.15, 0.2) is 5.82 Å². The van der Waals surface area contributed by atoms with E-state index in [1.165, 1.54) is 24.3 Å². The van der Waals surface area contributed by atoms with E-state index >= 15 is 8.78 Å². The molecule has 0 amide bonds. The van der Waals surface area contributed by atoms with Crippen LogP contribution in [0.1, 0.15) is 43.2 Å². The molecule has 0 aliphatic carbocycles. The summed E-state index contributed by atoms with van der Waals surface area (Å²) < 4.78 is 53.1. The Morgan fingerprint density at radius 2 is 1.96 bits per heavy atom. The van der Waals surface area contributed by atoms with Gasteiger partial charge in [-0.05, 0) is 67.4 Å². The smallest absolute Gasteiger partial charge is 0.319 e. The maximum atomic E-state index is 17.2. The van der Waals surface area contributed by atoms with Crippen molar-refractivity contribution in [2.75, 3.05) is 37.7 Å². The molecule has 12 heteroatoms. The fraction of sp³-hybridized carbons (Fsp3) is 0.400. The molecular formula is C35H32ClF3N6O2. The molecule has 4 aliphatic rings. The quantitative estimate of drug-likeness (QED) is 0.245. The molecule has 242 valence electrons. The van der Waals surface area contributed by atoms with Gasteiger partial charge >= 0.3 is 6.01 Å². The highest BCUT2D eigenvalue weighted by Crippen LogP contribution is 2.45. The average Bonchev–Trinajstić information content (AvgIpc) is 3.69. The molecule has 4 aromatic rings. The van der Waals surface area contributed by atoms with Crippen molar-refractivity contribution in [3.8, 4) is 29.0 Å². The van der Waals surface area contributed by atoms with Gasteiger partial charge in [0.1, 0.15) is 35.7 Å². The van der Waals surface area contributed by atoms with Gasteiger partial charge in [0.2, 0.25) is 0 Å². The molecule has 0 spiro atoms. The maximum Gasteiger partial charge on any atom is 0.319 e. The monoisotopic (exact) mass is 660 g/mol. The number of anilines is 1. The third-order valence-corrected chi connectivity index (χ3v) is 10.5. The van der Waals surface area contributed by atoms with Gasteiger partial charge in [-0.3, -0.25) is 4.90 Å². The van der Waals surface area contributed by atoms with Crippen LogP contribution in [0, 0.1) is 23.0 Å². The van der Waals surface area contributed by atoms with Crippen molar-refractivity contribution in [3.63, 3.8) is 0 Å². The molecule has 47 heavy (non-hydrogen) atoms. The summed E-state index contributed by atoms with van der Waals surface area (Å²) in [6.07, 6.45) is 3.15. The fourth-order valence-corrected chi connectivity index (χ4v) is 8.54. The van der Waals surface area contributed by atoms with E-state index in [1.54, 1.807) is 6.07 Å². The lowest BCUT2D eigenvalue weighted by molar-refractivity contribution is 0.107. The standard InChI is InChI=1S/C35H32ClF3N6O2/c1-18(36)28-27(38)6-3-19-9-24(46)11-25(29(19)28)30-20(13-40)10-26-32(31(30)39)42-34(43-33(26)44-15-22-4-5-23(16-44)41-22)47-17-35-7-2-8-45(35)14-21(37)12-35/h3,6,9-11,21-23,41,46H,1-2,4-5,7-8,12,14-17H2/t21-,22-,23+,35+/m1/s1. The van der Waals surface area contributed by atoms with E-state index < -0.39 is 23.3 Å². The van der Waals surface area contributed by atoms with Crippen molar-refractivity contribution in [2.24, 2.45) is 0 Å². The molecular weight excluding hydrogens is 629 g/mol. The zero-order valence-corrected chi connectivity index (χ0v) is 26.3. The number of benzene rings is 3. The van der Waals surface area contributed by atoms with Gasteiger partial charge in [-0.25, -0.2) is 13.2 Å². The van der Waals surface area contributed by atoms with Crippen LogP contribution in [0.3, 0.4) is 0 Å². The molecule has 0 unspecified atom stereocenters. The zero-order chi connectivity index (χ0) is 32.6. The second kappa shape index (κ2) is 11.3. The number of ether oxygens (including phenoxy) is 1. The summed E-state index contributed by atoms with van der Waals surface area (Å²) in [6, 6.07) is 9.43. The minimum absolute atomic E-state index is 0.0434. The Morgan fingerprint density at radius 3 is 2.70 bits per heavy atom.